The molecule has 2 aromatic carbocycles. The summed E-state index contributed by atoms with van der Waals surface area (Å²) in [6, 6.07) is 13.3. The van der Waals surface area contributed by atoms with Crippen LogP contribution in [-0.2, 0) is 16.0 Å². The van der Waals surface area contributed by atoms with Gasteiger partial charge in [0.05, 0.1) is 6.61 Å². The number of carbonyl (C=O) groups is 2. The van der Waals surface area contributed by atoms with E-state index in [-0.39, 0.29) is 29.7 Å². The molecule has 1 atom stereocenters. The van der Waals surface area contributed by atoms with Gasteiger partial charge in [0.25, 0.3) is 5.91 Å². The summed E-state index contributed by atoms with van der Waals surface area (Å²) in [4.78, 5) is 41.0. The van der Waals surface area contributed by atoms with E-state index in [0.29, 0.717) is 15.9 Å². The second kappa shape index (κ2) is 8.92. The van der Waals surface area contributed by atoms with Gasteiger partial charge in [-0.25, -0.2) is 4.79 Å². The van der Waals surface area contributed by atoms with Gasteiger partial charge in [-0.3, -0.25) is 9.59 Å². The molecule has 0 aliphatic heterocycles. The number of benzene rings is 2. The zero-order valence-corrected chi connectivity index (χ0v) is 16.9. The molecule has 7 heteroatoms. The minimum absolute atomic E-state index is 0.104. The molecular weight excluding hydrogens is 392 g/mol. The molecular formula is C22H21ClN2O4. The average Bonchev–Trinajstić information content (AvgIpc) is 2.71. The molecule has 29 heavy (non-hydrogen) atoms. The standard InChI is InChI=1S/C22H21ClN2O4/c1-3-29-22(28)18(11-14-7-5-4-6-8-14)25-21(27)19-13(2)20(26)16-12-15(23)9-10-17(16)24-19/h4-10,12,18H,3,11H2,1-2H3,(H,24,26)(H,25,27). The highest BCUT2D eigenvalue weighted by Gasteiger charge is 2.25. The number of rotatable bonds is 6. The minimum atomic E-state index is -0.881. The quantitative estimate of drug-likeness (QED) is 0.607. The molecule has 150 valence electrons. The Labute approximate surface area is 172 Å². The molecule has 0 aliphatic carbocycles. The van der Waals surface area contributed by atoms with E-state index in [9.17, 15) is 14.4 Å². The van der Waals surface area contributed by atoms with Crippen molar-refractivity contribution in [2.45, 2.75) is 26.3 Å². The molecule has 0 spiro atoms. The monoisotopic (exact) mass is 412 g/mol. The predicted molar refractivity (Wildman–Crippen MR) is 112 cm³/mol. The molecule has 6 nitrogen and oxygen atoms in total. The molecule has 1 heterocycles. The smallest absolute Gasteiger partial charge is 0.328 e. The van der Waals surface area contributed by atoms with Crippen LogP contribution >= 0.6 is 11.6 Å². The summed E-state index contributed by atoms with van der Waals surface area (Å²) in [6.07, 6.45) is 0.276. The van der Waals surface area contributed by atoms with Gasteiger partial charge >= 0.3 is 5.97 Å². The lowest BCUT2D eigenvalue weighted by atomic mass is 10.0. The second-order valence-corrected chi connectivity index (χ2v) is 7.05. The Morgan fingerprint density at radius 3 is 2.59 bits per heavy atom. The van der Waals surface area contributed by atoms with Crippen LogP contribution in [0.25, 0.3) is 10.9 Å². The number of carbonyl (C=O) groups excluding carboxylic acids is 2. The average molecular weight is 413 g/mol. The van der Waals surface area contributed by atoms with Crippen molar-refractivity contribution in [1.29, 1.82) is 0 Å². The van der Waals surface area contributed by atoms with Crippen LogP contribution in [0.2, 0.25) is 5.02 Å². The van der Waals surface area contributed by atoms with Gasteiger partial charge < -0.3 is 15.0 Å². The fraction of sp³-hybridized carbons (Fsp3) is 0.227. The topological polar surface area (TPSA) is 88.3 Å². The molecule has 1 aromatic heterocycles. The first kappa shape index (κ1) is 20.6. The van der Waals surface area contributed by atoms with Crippen LogP contribution < -0.4 is 10.7 Å². The third-order valence-electron chi connectivity index (χ3n) is 4.59. The van der Waals surface area contributed by atoms with Gasteiger partial charge in [0.1, 0.15) is 11.7 Å². The number of halogens is 1. The van der Waals surface area contributed by atoms with Gasteiger partial charge in [-0.15, -0.1) is 0 Å². The van der Waals surface area contributed by atoms with Crippen molar-refractivity contribution < 1.29 is 14.3 Å². The molecule has 0 saturated carbocycles. The number of esters is 1. The summed E-state index contributed by atoms with van der Waals surface area (Å²) in [7, 11) is 0. The Balaban J connectivity index is 1.93. The first-order chi connectivity index (χ1) is 13.9. The van der Waals surface area contributed by atoms with Gasteiger partial charge in [-0.2, -0.15) is 0 Å². The van der Waals surface area contributed by atoms with Crippen molar-refractivity contribution in [3.05, 3.63) is 80.6 Å². The highest BCUT2D eigenvalue weighted by atomic mass is 35.5. The fourth-order valence-electron chi connectivity index (χ4n) is 3.10. The van der Waals surface area contributed by atoms with Gasteiger partial charge in [-0.1, -0.05) is 41.9 Å². The highest BCUT2D eigenvalue weighted by Crippen LogP contribution is 2.17. The van der Waals surface area contributed by atoms with E-state index < -0.39 is 17.9 Å². The molecule has 1 unspecified atom stereocenters. The van der Waals surface area contributed by atoms with E-state index in [4.69, 9.17) is 16.3 Å². The predicted octanol–water partition coefficient (Wildman–Crippen LogP) is 3.39. The maximum Gasteiger partial charge on any atom is 0.328 e. The van der Waals surface area contributed by atoms with Crippen molar-refractivity contribution in [3.63, 3.8) is 0 Å². The van der Waals surface area contributed by atoms with E-state index >= 15 is 0 Å². The van der Waals surface area contributed by atoms with Crippen LogP contribution in [0.3, 0.4) is 0 Å². The van der Waals surface area contributed by atoms with E-state index in [2.05, 4.69) is 10.3 Å². The minimum Gasteiger partial charge on any atom is -0.464 e. The molecule has 3 aromatic rings. The summed E-state index contributed by atoms with van der Waals surface area (Å²) in [5.41, 5.74) is 1.43. The molecule has 0 bridgehead atoms. The maximum absolute atomic E-state index is 12.9. The largest absolute Gasteiger partial charge is 0.464 e. The van der Waals surface area contributed by atoms with Crippen LogP contribution in [0.15, 0.2) is 53.3 Å². The molecule has 2 N–H and O–H groups in total. The van der Waals surface area contributed by atoms with Gasteiger partial charge in [0, 0.05) is 27.9 Å². The number of amides is 1. The Morgan fingerprint density at radius 2 is 1.90 bits per heavy atom. The first-order valence-electron chi connectivity index (χ1n) is 9.24. The number of aromatic amines is 1. The lowest BCUT2D eigenvalue weighted by Gasteiger charge is -2.18. The lowest BCUT2D eigenvalue weighted by molar-refractivity contribution is -0.145. The number of hydrogen-bond donors (Lipinski definition) is 2. The third-order valence-corrected chi connectivity index (χ3v) is 4.82. The van der Waals surface area contributed by atoms with Crippen molar-refractivity contribution in [3.8, 4) is 0 Å². The summed E-state index contributed by atoms with van der Waals surface area (Å²) in [5, 5.41) is 3.54. The van der Waals surface area contributed by atoms with Gasteiger partial charge in [-0.05, 0) is 37.6 Å². The third kappa shape index (κ3) is 4.66. The molecule has 0 saturated heterocycles. The SMILES string of the molecule is CCOC(=O)C(Cc1ccccc1)NC(=O)c1[nH]c2ccc(Cl)cc2c(=O)c1C. The van der Waals surface area contributed by atoms with Crippen molar-refractivity contribution >= 4 is 34.4 Å². The molecule has 0 aliphatic rings. The normalized spacial score (nSPS) is 11.8. The summed E-state index contributed by atoms with van der Waals surface area (Å²) in [5.74, 6) is -1.08. The Hall–Kier alpha value is -3.12. The zero-order valence-electron chi connectivity index (χ0n) is 16.1. The summed E-state index contributed by atoms with van der Waals surface area (Å²) >= 11 is 5.97. The van der Waals surface area contributed by atoms with Crippen LogP contribution in [0.4, 0.5) is 0 Å². The van der Waals surface area contributed by atoms with Gasteiger partial charge in [0.15, 0.2) is 5.43 Å². The zero-order chi connectivity index (χ0) is 21.0. The second-order valence-electron chi connectivity index (χ2n) is 6.61. The van der Waals surface area contributed by atoms with Crippen LogP contribution in [0.1, 0.15) is 28.5 Å². The van der Waals surface area contributed by atoms with Gasteiger partial charge in [0.2, 0.25) is 0 Å². The van der Waals surface area contributed by atoms with Crippen LogP contribution in [0, 0.1) is 6.92 Å². The number of fused-ring (bicyclic) bond motifs is 1. The van der Waals surface area contributed by atoms with E-state index in [1.54, 1.807) is 32.0 Å². The number of nitrogens with one attached hydrogen (secondary N) is 2. The van der Waals surface area contributed by atoms with E-state index in [0.717, 1.165) is 5.56 Å². The number of aromatic nitrogens is 1. The fourth-order valence-corrected chi connectivity index (χ4v) is 3.27. The Kier molecular flexibility index (Phi) is 6.34. The van der Waals surface area contributed by atoms with Crippen molar-refractivity contribution in [2.24, 2.45) is 0 Å². The van der Waals surface area contributed by atoms with E-state index in [1.165, 1.54) is 0 Å². The molecule has 1 amide bonds. The molecule has 0 fully saturated rings. The van der Waals surface area contributed by atoms with Crippen molar-refractivity contribution in [1.82, 2.24) is 10.3 Å². The highest BCUT2D eigenvalue weighted by molar-refractivity contribution is 6.31. The van der Waals surface area contributed by atoms with Crippen LogP contribution in [0.5, 0.6) is 0 Å². The van der Waals surface area contributed by atoms with E-state index in [1.807, 2.05) is 30.3 Å². The number of hydrogen-bond acceptors (Lipinski definition) is 4. The van der Waals surface area contributed by atoms with Crippen molar-refractivity contribution in [2.75, 3.05) is 6.61 Å². The maximum atomic E-state index is 12.9. The Bertz CT molecular complexity index is 1110. The summed E-state index contributed by atoms with van der Waals surface area (Å²) < 4.78 is 5.11. The summed E-state index contributed by atoms with van der Waals surface area (Å²) in [6.45, 7) is 3.46. The first-order valence-corrected chi connectivity index (χ1v) is 9.62. The molecule has 0 radical (unpaired) electrons. The number of pyridine rings is 1. The number of H-pyrrole nitrogens is 1. The Morgan fingerprint density at radius 1 is 1.17 bits per heavy atom. The number of ether oxygens (including phenoxy) is 1. The lowest BCUT2D eigenvalue weighted by Crippen LogP contribution is -2.44. The van der Waals surface area contributed by atoms with Crippen LogP contribution in [-0.4, -0.2) is 29.5 Å². The molecule has 3 rings (SSSR count).